The van der Waals surface area contributed by atoms with Gasteiger partial charge in [0.25, 0.3) is 0 Å². The molecule has 2 heterocycles. The first-order valence-corrected chi connectivity index (χ1v) is 8.69. The van der Waals surface area contributed by atoms with Gasteiger partial charge in [-0.25, -0.2) is 4.98 Å². The Hall–Kier alpha value is -2.14. The summed E-state index contributed by atoms with van der Waals surface area (Å²) in [6, 6.07) is 9.88. The minimum Gasteiger partial charge on any atom is -0.467 e. The summed E-state index contributed by atoms with van der Waals surface area (Å²) >= 11 is 1.56. The number of carbonyl (C=O) groups excluding carboxylic acids is 1. The van der Waals surface area contributed by atoms with Gasteiger partial charge in [-0.3, -0.25) is 9.69 Å². The van der Waals surface area contributed by atoms with Gasteiger partial charge in [-0.2, -0.15) is 0 Å². The van der Waals surface area contributed by atoms with Gasteiger partial charge in [-0.15, -0.1) is 0 Å². The lowest BCUT2D eigenvalue weighted by atomic mass is 10.2. The van der Waals surface area contributed by atoms with Crippen LogP contribution in [-0.4, -0.2) is 10.9 Å². The number of fused-ring (bicyclic) bond motifs is 1. The van der Waals surface area contributed by atoms with Gasteiger partial charge in [0.1, 0.15) is 5.76 Å². The van der Waals surface area contributed by atoms with Crippen LogP contribution in [0.1, 0.15) is 37.5 Å². The third kappa shape index (κ3) is 3.62. The van der Waals surface area contributed by atoms with Crippen LogP contribution in [0.4, 0.5) is 5.13 Å². The van der Waals surface area contributed by atoms with E-state index in [2.05, 4.69) is 24.9 Å². The topological polar surface area (TPSA) is 46.3 Å². The predicted molar refractivity (Wildman–Crippen MR) is 93.8 cm³/mol. The monoisotopic (exact) mass is 328 g/mol. The van der Waals surface area contributed by atoms with Gasteiger partial charge in [-0.05, 0) is 43.2 Å². The molecule has 0 aliphatic carbocycles. The smallest absolute Gasteiger partial charge is 0.229 e. The van der Waals surface area contributed by atoms with E-state index in [9.17, 15) is 4.79 Å². The molecule has 2 aromatic heterocycles. The summed E-state index contributed by atoms with van der Waals surface area (Å²) in [5.41, 5.74) is 2.13. The molecule has 0 aliphatic heterocycles. The number of amides is 1. The van der Waals surface area contributed by atoms with Crippen LogP contribution < -0.4 is 4.90 Å². The van der Waals surface area contributed by atoms with Crippen LogP contribution in [0.2, 0.25) is 0 Å². The number of aryl methyl sites for hydroxylation is 1. The minimum absolute atomic E-state index is 0.0963. The van der Waals surface area contributed by atoms with Crippen molar-refractivity contribution in [3.05, 3.63) is 47.9 Å². The third-order valence-electron chi connectivity index (χ3n) is 3.70. The molecule has 0 aliphatic rings. The second-order valence-corrected chi connectivity index (χ2v) is 6.64. The van der Waals surface area contributed by atoms with E-state index in [0.29, 0.717) is 13.0 Å². The van der Waals surface area contributed by atoms with Crippen molar-refractivity contribution in [2.45, 2.75) is 39.7 Å². The number of furan rings is 1. The minimum atomic E-state index is 0.0963. The zero-order valence-corrected chi connectivity index (χ0v) is 14.2. The van der Waals surface area contributed by atoms with Crippen molar-refractivity contribution in [2.75, 3.05) is 4.90 Å². The molecule has 0 spiro atoms. The molecule has 1 amide bonds. The summed E-state index contributed by atoms with van der Waals surface area (Å²) in [6.45, 7) is 4.57. The van der Waals surface area contributed by atoms with Crippen LogP contribution in [0.5, 0.6) is 0 Å². The van der Waals surface area contributed by atoms with Gasteiger partial charge < -0.3 is 4.42 Å². The fourth-order valence-corrected chi connectivity index (χ4v) is 3.50. The number of anilines is 1. The molecule has 0 atom stereocenters. The zero-order chi connectivity index (χ0) is 16.2. The highest BCUT2D eigenvalue weighted by atomic mass is 32.1. The number of hydrogen-bond acceptors (Lipinski definition) is 4. The van der Waals surface area contributed by atoms with E-state index in [1.165, 1.54) is 5.56 Å². The van der Waals surface area contributed by atoms with Crippen molar-refractivity contribution < 1.29 is 9.21 Å². The number of rotatable bonds is 6. The summed E-state index contributed by atoms with van der Waals surface area (Å²) in [5, 5.41) is 0.739. The third-order valence-corrected chi connectivity index (χ3v) is 4.74. The SMILES string of the molecule is CCCCC(=O)N(Cc1ccco1)c1nc2ccc(C)cc2s1. The van der Waals surface area contributed by atoms with Crippen LogP contribution in [-0.2, 0) is 11.3 Å². The molecule has 120 valence electrons. The second-order valence-electron chi connectivity index (χ2n) is 5.63. The van der Waals surface area contributed by atoms with Crippen molar-refractivity contribution in [1.82, 2.24) is 4.98 Å². The molecule has 3 aromatic rings. The normalized spacial score (nSPS) is 11.0. The molecule has 0 saturated carbocycles. The Morgan fingerprint density at radius 1 is 1.35 bits per heavy atom. The van der Waals surface area contributed by atoms with Crippen molar-refractivity contribution in [3.63, 3.8) is 0 Å². The molecule has 0 radical (unpaired) electrons. The van der Waals surface area contributed by atoms with Crippen LogP contribution >= 0.6 is 11.3 Å². The highest BCUT2D eigenvalue weighted by Crippen LogP contribution is 2.31. The van der Waals surface area contributed by atoms with E-state index < -0.39 is 0 Å². The van der Waals surface area contributed by atoms with E-state index >= 15 is 0 Å². The first kappa shape index (κ1) is 15.7. The van der Waals surface area contributed by atoms with Crippen molar-refractivity contribution in [1.29, 1.82) is 0 Å². The maximum atomic E-state index is 12.6. The Bertz CT molecular complexity index is 793. The molecule has 0 N–H and O–H groups in total. The number of aromatic nitrogens is 1. The van der Waals surface area contributed by atoms with Crippen molar-refractivity contribution >= 4 is 32.6 Å². The fourth-order valence-electron chi connectivity index (χ4n) is 2.42. The van der Waals surface area contributed by atoms with E-state index in [0.717, 1.165) is 34.0 Å². The van der Waals surface area contributed by atoms with Crippen LogP contribution in [0.25, 0.3) is 10.2 Å². The van der Waals surface area contributed by atoms with Gasteiger partial charge in [-0.1, -0.05) is 30.7 Å². The first-order chi connectivity index (χ1) is 11.2. The average Bonchev–Trinajstić information content (AvgIpc) is 3.18. The molecule has 0 fully saturated rings. The molecule has 5 heteroatoms. The number of carbonyl (C=O) groups is 1. The maximum Gasteiger partial charge on any atom is 0.229 e. The number of hydrogen-bond donors (Lipinski definition) is 0. The van der Waals surface area contributed by atoms with E-state index in [1.54, 1.807) is 22.5 Å². The lowest BCUT2D eigenvalue weighted by molar-refractivity contribution is -0.118. The average molecular weight is 328 g/mol. The maximum absolute atomic E-state index is 12.6. The number of unbranched alkanes of at least 4 members (excludes halogenated alkanes) is 1. The first-order valence-electron chi connectivity index (χ1n) is 7.87. The Kier molecular flexibility index (Phi) is 4.76. The van der Waals surface area contributed by atoms with Crippen LogP contribution in [0.3, 0.4) is 0 Å². The number of thiazole rings is 1. The fraction of sp³-hybridized carbons (Fsp3) is 0.333. The van der Waals surface area contributed by atoms with Gasteiger partial charge in [0.2, 0.25) is 5.91 Å². The Morgan fingerprint density at radius 3 is 2.96 bits per heavy atom. The Labute approximate surface area is 139 Å². The summed E-state index contributed by atoms with van der Waals surface area (Å²) in [5.74, 6) is 0.865. The molecule has 1 aromatic carbocycles. The summed E-state index contributed by atoms with van der Waals surface area (Å²) in [4.78, 5) is 19.0. The summed E-state index contributed by atoms with van der Waals surface area (Å²) in [6.07, 6.45) is 4.05. The summed E-state index contributed by atoms with van der Waals surface area (Å²) < 4.78 is 6.52. The molecular weight excluding hydrogens is 308 g/mol. The van der Waals surface area contributed by atoms with Gasteiger partial charge in [0.05, 0.1) is 23.0 Å². The Balaban J connectivity index is 1.92. The Morgan fingerprint density at radius 2 is 2.22 bits per heavy atom. The van der Waals surface area contributed by atoms with Gasteiger partial charge >= 0.3 is 0 Å². The van der Waals surface area contributed by atoms with E-state index in [4.69, 9.17) is 4.42 Å². The quantitative estimate of drug-likeness (QED) is 0.645. The van der Waals surface area contributed by atoms with Gasteiger partial charge in [0, 0.05) is 6.42 Å². The van der Waals surface area contributed by atoms with Crippen LogP contribution in [0, 0.1) is 6.92 Å². The van der Waals surface area contributed by atoms with Crippen LogP contribution in [0.15, 0.2) is 41.0 Å². The predicted octanol–water partition coefficient (Wildman–Crippen LogP) is 4.92. The molecule has 0 unspecified atom stereocenters. The second kappa shape index (κ2) is 6.96. The molecule has 0 bridgehead atoms. The summed E-state index contributed by atoms with van der Waals surface area (Å²) in [7, 11) is 0. The molecule has 0 saturated heterocycles. The molecular formula is C18H20N2O2S. The zero-order valence-electron chi connectivity index (χ0n) is 13.4. The van der Waals surface area contributed by atoms with Crippen molar-refractivity contribution in [2.24, 2.45) is 0 Å². The molecule has 3 rings (SSSR count). The highest BCUT2D eigenvalue weighted by molar-refractivity contribution is 7.22. The largest absolute Gasteiger partial charge is 0.467 e. The standard InChI is InChI=1S/C18H20N2O2S/c1-3-4-7-17(21)20(12-14-6-5-10-22-14)18-19-15-9-8-13(2)11-16(15)23-18/h5-6,8-11H,3-4,7,12H2,1-2H3. The number of nitrogens with zero attached hydrogens (tertiary/aromatic N) is 2. The lowest BCUT2D eigenvalue weighted by Gasteiger charge is -2.18. The van der Waals surface area contributed by atoms with Crippen molar-refractivity contribution in [3.8, 4) is 0 Å². The number of benzene rings is 1. The molecule has 23 heavy (non-hydrogen) atoms. The van der Waals surface area contributed by atoms with E-state index in [1.807, 2.05) is 24.3 Å². The molecule has 4 nitrogen and oxygen atoms in total. The highest BCUT2D eigenvalue weighted by Gasteiger charge is 2.20. The van der Waals surface area contributed by atoms with E-state index in [-0.39, 0.29) is 5.91 Å². The van der Waals surface area contributed by atoms with Gasteiger partial charge in [0.15, 0.2) is 5.13 Å². The lowest BCUT2D eigenvalue weighted by Crippen LogP contribution is -2.29.